The summed E-state index contributed by atoms with van der Waals surface area (Å²) < 4.78 is 1.61. The molecule has 4 nitrogen and oxygen atoms in total. The third kappa shape index (κ3) is 2.13. The monoisotopic (exact) mass is 139 g/mol. The summed E-state index contributed by atoms with van der Waals surface area (Å²) in [5.41, 5.74) is 0.214. The van der Waals surface area contributed by atoms with Crippen molar-refractivity contribution in [2.75, 3.05) is 0 Å². The number of nitrogens with zero attached hydrogens (tertiary/aromatic N) is 4. The zero-order chi connectivity index (χ0) is 7.61. The Balaban J connectivity index is 2.57. The van der Waals surface area contributed by atoms with Gasteiger partial charge in [-0.3, -0.25) is 0 Å². The SMILES string of the molecule is CC(C)(C)Cn1[c]nnn1. The maximum absolute atomic E-state index is 3.70. The van der Waals surface area contributed by atoms with E-state index in [1.165, 1.54) is 0 Å². The number of hydrogen-bond donors (Lipinski definition) is 0. The summed E-state index contributed by atoms with van der Waals surface area (Å²) in [7, 11) is 0. The third-order valence-corrected chi connectivity index (χ3v) is 0.977. The number of aromatic nitrogens is 4. The summed E-state index contributed by atoms with van der Waals surface area (Å²) in [5.74, 6) is 0. The summed E-state index contributed by atoms with van der Waals surface area (Å²) in [4.78, 5) is 0. The van der Waals surface area contributed by atoms with Crippen LogP contribution < -0.4 is 0 Å². The Hall–Kier alpha value is -0.930. The Morgan fingerprint density at radius 1 is 1.40 bits per heavy atom. The molecule has 1 rings (SSSR count). The molecular weight excluding hydrogens is 128 g/mol. The Morgan fingerprint density at radius 2 is 2.10 bits per heavy atom. The van der Waals surface area contributed by atoms with Crippen LogP contribution in [-0.4, -0.2) is 20.2 Å². The average Bonchev–Trinajstić information content (AvgIpc) is 2.12. The Bertz CT molecular complexity index is 184. The van der Waals surface area contributed by atoms with Crippen molar-refractivity contribution in [3.8, 4) is 0 Å². The van der Waals surface area contributed by atoms with Gasteiger partial charge in [0.15, 0.2) is 0 Å². The molecule has 55 valence electrons. The molecule has 1 heterocycles. The van der Waals surface area contributed by atoms with Crippen LogP contribution in [0, 0.1) is 11.7 Å². The van der Waals surface area contributed by atoms with Gasteiger partial charge in [0.2, 0.25) is 6.33 Å². The zero-order valence-corrected chi connectivity index (χ0v) is 6.50. The van der Waals surface area contributed by atoms with Gasteiger partial charge in [-0.25, -0.2) is 4.68 Å². The van der Waals surface area contributed by atoms with Crippen LogP contribution >= 0.6 is 0 Å². The van der Waals surface area contributed by atoms with Crippen molar-refractivity contribution in [2.24, 2.45) is 5.41 Å². The summed E-state index contributed by atoms with van der Waals surface area (Å²) >= 11 is 0. The first kappa shape index (κ1) is 7.18. The predicted octanol–water partition coefficient (Wildman–Crippen LogP) is 0.519. The van der Waals surface area contributed by atoms with Gasteiger partial charge in [0.1, 0.15) is 0 Å². The first-order chi connectivity index (χ1) is 4.58. The van der Waals surface area contributed by atoms with Crippen LogP contribution in [0.15, 0.2) is 0 Å². The van der Waals surface area contributed by atoms with E-state index in [9.17, 15) is 0 Å². The molecule has 0 aliphatic carbocycles. The summed E-state index contributed by atoms with van der Waals surface area (Å²) in [6.07, 6.45) is 2.64. The van der Waals surface area contributed by atoms with Crippen molar-refractivity contribution >= 4 is 0 Å². The van der Waals surface area contributed by atoms with Crippen LogP contribution in [0.1, 0.15) is 20.8 Å². The molecule has 0 fully saturated rings. The first-order valence-electron chi connectivity index (χ1n) is 3.22. The fourth-order valence-electron chi connectivity index (χ4n) is 0.676. The van der Waals surface area contributed by atoms with Gasteiger partial charge in [-0.15, -0.1) is 5.10 Å². The maximum Gasteiger partial charge on any atom is 0.221 e. The van der Waals surface area contributed by atoms with E-state index in [-0.39, 0.29) is 5.41 Å². The van der Waals surface area contributed by atoms with Gasteiger partial charge in [0.25, 0.3) is 0 Å². The average molecular weight is 139 g/mol. The molecule has 0 atom stereocenters. The van der Waals surface area contributed by atoms with Crippen molar-refractivity contribution in [2.45, 2.75) is 27.3 Å². The van der Waals surface area contributed by atoms with Gasteiger partial charge < -0.3 is 0 Å². The zero-order valence-electron chi connectivity index (χ0n) is 6.50. The van der Waals surface area contributed by atoms with Crippen LogP contribution in [0.3, 0.4) is 0 Å². The van der Waals surface area contributed by atoms with Crippen LogP contribution in [0.25, 0.3) is 0 Å². The van der Waals surface area contributed by atoms with Crippen molar-refractivity contribution in [3.63, 3.8) is 0 Å². The fraction of sp³-hybridized carbons (Fsp3) is 0.833. The molecule has 1 radical (unpaired) electrons. The topological polar surface area (TPSA) is 43.6 Å². The molecule has 0 spiro atoms. The van der Waals surface area contributed by atoms with Gasteiger partial charge in [0.05, 0.1) is 6.54 Å². The van der Waals surface area contributed by atoms with Crippen LogP contribution in [0.5, 0.6) is 0 Å². The molecule has 0 bridgehead atoms. The van der Waals surface area contributed by atoms with Crippen molar-refractivity contribution < 1.29 is 0 Å². The minimum Gasteiger partial charge on any atom is -0.222 e. The Kier molecular flexibility index (Phi) is 1.70. The lowest BCUT2D eigenvalue weighted by Gasteiger charge is -2.15. The lowest BCUT2D eigenvalue weighted by atomic mass is 9.97. The smallest absolute Gasteiger partial charge is 0.221 e. The summed E-state index contributed by atoms with van der Waals surface area (Å²) in [6.45, 7) is 7.19. The van der Waals surface area contributed by atoms with E-state index in [2.05, 4.69) is 42.6 Å². The van der Waals surface area contributed by atoms with Crippen LogP contribution in [0.4, 0.5) is 0 Å². The highest BCUT2D eigenvalue weighted by Crippen LogP contribution is 2.14. The van der Waals surface area contributed by atoms with E-state index >= 15 is 0 Å². The Labute approximate surface area is 60.2 Å². The molecule has 0 aromatic carbocycles. The maximum atomic E-state index is 3.70. The second-order valence-corrected chi connectivity index (χ2v) is 3.50. The standard InChI is InChI=1S/C6H11N4/c1-6(2,3)4-10-5-7-8-9-10/h4H2,1-3H3. The second kappa shape index (κ2) is 2.36. The molecule has 0 saturated heterocycles. The van der Waals surface area contributed by atoms with Gasteiger partial charge in [-0.1, -0.05) is 20.8 Å². The second-order valence-electron chi connectivity index (χ2n) is 3.50. The van der Waals surface area contributed by atoms with Gasteiger partial charge in [-0.2, -0.15) is 0 Å². The van der Waals surface area contributed by atoms with Crippen molar-refractivity contribution in [1.29, 1.82) is 0 Å². The van der Waals surface area contributed by atoms with E-state index < -0.39 is 0 Å². The van der Waals surface area contributed by atoms with Gasteiger partial charge in [-0.05, 0) is 15.8 Å². The molecule has 0 amide bonds. The highest BCUT2D eigenvalue weighted by molar-refractivity contribution is 4.60. The number of hydrogen-bond acceptors (Lipinski definition) is 3. The lowest BCUT2D eigenvalue weighted by molar-refractivity contribution is 0.320. The molecular formula is C6H11N4. The van der Waals surface area contributed by atoms with E-state index in [1.54, 1.807) is 4.68 Å². The highest BCUT2D eigenvalue weighted by Gasteiger charge is 2.11. The van der Waals surface area contributed by atoms with Gasteiger partial charge in [0, 0.05) is 0 Å². The lowest BCUT2D eigenvalue weighted by Crippen LogP contribution is -2.16. The van der Waals surface area contributed by atoms with Gasteiger partial charge >= 0.3 is 0 Å². The van der Waals surface area contributed by atoms with Crippen LogP contribution in [0.2, 0.25) is 0 Å². The number of tetrazole rings is 1. The number of rotatable bonds is 1. The molecule has 0 unspecified atom stereocenters. The molecule has 0 N–H and O–H groups in total. The quantitative estimate of drug-likeness (QED) is 0.569. The van der Waals surface area contributed by atoms with Crippen LogP contribution in [-0.2, 0) is 6.54 Å². The molecule has 0 saturated carbocycles. The molecule has 4 heteroatoms. The Morgan fingerprint density at radius 3 is 2.50 bits per heavy atom. The molecule has 1 aromatic heterocycles. The van der Waals surface area contributed by atoms with E-state index in [4.69, 9.17) is 0 Å². The summed E-state index contributed by atoms with van der Waals surface area (Å²) in [6, 6.07) is 0. The van der Waals surface area contributed by atoms with E-state index in [1.807, 2.05) is 0 Å². The third-order valence-electron chi connectivity index (χ3n) is 0.977. The first-order valence-corrected chi connectivity index (χ1v) is 3.22. The highest BCUT2D eigenvalue weighted by atomic mass is 15.5. The fourth-order valence-corrected chi connectivity index (χ4v) is 0.676. The van der Waals surface area contributed by atoms with E-state index in [0.717, 1.165) is 6.54 Å². The van der Waals surface area contributed by atoms with Crippen molar-refractivity contribution in [3.05, 3.63) is 6.33 Å². The minimum absolute atomic E-state index is 0.214. The predicted molar refractivity (Wildman–Crippen MR) is 36.1 cm³/mol. The minimum atomic E-state index is 0.214. The molecule has 0 aliphatic rings. The molecule has 0 aliphatic heterocycles. The van der Waals surface area contributed by atoms with E-state index in [0.29, 0.717) is 0 Å². The normalized spacial score (nSPS) is 11.9. The molecule has 10 heavy (non-hydrogen) atoms. The van der Waals surface area contributed by atoms with Crippen molar-refractivity contribution in [1.82, 2.24) is 20.2 Å². The largest absolute Gasteiger partial charge is 0.222 e. The summed E-state index contributed by atoms with van der Waals surface area (Å²) in [5, 5.41) is 10.6. The molecule has 1 aromatic rings.